The molecule has 0 N–H and O–H groups in total. The van der Waals surface area contributed by atoms with Crippen LogP contribution < -0.4 is 4.74 Å². The normalized spacial score (nSPS) is 21.5. The van der Waals surface area contributed by atoms with Gasteiger partial charge in [-0.2, -0.15) is 0 Å². The Morgan fingerprint density at radius 3 is 2.72 bits per heavy atom. The Labute approximate surface area is 174 Å². The molecule has 1 amide bonds. The molecule has 2 fully saturated rings. The Bertz CT molecular complexity index is 821. The average Bonchev–Trinajstić information content (AvgIpc) is 3.14. The summed E-state index contributed by atoms with van der Waals surface area (Å²) in [6, 6.07) is 6.18. The highest BCUT2D eigenvalue weighted by Crippen LogP contribution is 2.23. The minimum absolute atomic E-state index is 0.0526. The molecule has 156 valence electrons. The number of benzene rings is 1. The van der Waals surface area contributed by atoms with Gasteiger partial charge in [0.15, 0.2) is 0 Å². The van der Waals surface area contributed by atoms with E-state index >= 15 is 0 Å². The fourth-order valence-corrected chi connectivity index (χ4v) is 4.49. The van der Waals surface area contributed by atoms with Gasteiger partial charge in [0.25, 0.3) is 0 Å². The van der Waals surface area contributed by atoms with Gasteiger partial charge >= 0.3 is 0 Å². The van der Waals surface area contributed by atoms with Gasteiger partial charge in [0.2, 0.25) is 5.91 Å². The van der Waals surface area contributed by atoms with Crippen molar-refractivity contribution >= 4 is 17.2 Å². The molecule has 1 aromatic heterocycles. The largest absolute Gasteiger partial charge is 0.491 e. The molecule has 0 saturated carbocycles. The molecule has 4 rings (SSSR count). The number of piperidine rings is 1. The van der Waals surface area contributed by atoms with Crippen molar-refractivity contribution in [3.05, 3.63) is 46.2 Å². The number of rotatable bonds is 6. The maximum atomic E-state index is 13.0. The molecule has 0 bridgehead atoms. The SMILES string of the molecule is Cc1scnc1CN1CCC(N2C[C@@H](COc3ccc(F)cc3)OCC2=O)CC1. The third-order valence-electron chi connectivity index (χ3n) is 5.63. The van der Waals surface area contributed by atoms with Gasteiger partial charge in [-0.25, -0.2) is 9.37 Å². The summed E-state index contributed by atoms with van der Waals surface area (Å²) in [7, 11) is 0. The highest BCUT2D eigenvalue weighted by molar-refractivity contribution is 7.09. The molecule has 0 unspecified atom stereocenters. The number of carbonyl (C=O) groups excluding carboxylic acids is 1. The Morgan fingerprint density at radius 2 is 2.03 bits per heavy atom. The number of hydrogen-bond acceptors (Lipinski definition) is 6. The zero-order valence-corrected chi connectivity index (χ0v) is 17.4. The van der Waals surface area contributed by atoms with Gasteiger partial charge in [0, 0.05) is 30.6 Å². The van der Waals surface area contributed by atoms with Crippen molar-refractivity contribution in [3.8, 4) is 5.75 Å². The first-order valence-corrected chi connectivity index (χ1v) is 10.9. The van der Waals surface area contributed by atoms with Crippen molar-refractivity contribution in [2.75, 3.05) is 32.8 Å². The molecule has 2 aliphatic rings. The van der Waals surface area contributed by atoms with E-state index in [0.29, 0.717) is 18.9 Å². The fraction of sp³-hybridized carbons (Fsp3) is 0.524. The van der Waals surface area contributed by atoms with Crippen molar-refractivity contribution in [1.82, 2.24) is 14.8 Å². The number of likely N-dealkylation sites (tertiary alicyclic amines) is 1. The van der Waals surface area contributed by atoms with E-state index in [1.165, 1.54) is 17.0 Å². The van der Waals surface area contributed by atoms with E-state index in [9.17, 15) is 9.18 Å². The summed E-state index contributed by atoms with van der Waals surface area (Å²) in [5.74, 6) is 0.361. The van der Waals surface area contributed by atoms with Crippen LogP contribution in [0.4, 0.5) is 4.39 Å². The number of amides is 1. The molecule has 8 heteroatoms. The lowest BCUT2D eigenvalue weighted by Crippen LogP contribution is -2.55. The molecule has 2 saturated heterocycles. The Hall–Kier alpha value is -2.03. The van der Waals surface area contributed by atoms with Gasteiger partial charge in [-0.3, -0.25) is 9.69 Å². The van der Waals surface area contributed by atoms with Gasteiger partial charge in [-0.1, -0.05) is 0 Å². The second kappa shape index (κ2) is 9.19. The summed E-state index contributed by atoms with van der Waals surface area (Å²) in [5.41, 5.74) is 3.06. The number of hydrogen-bond donors (Lipinski definition) is 0. The maximum absolute atomic E-state index is 13.0. The lowest BCUT2D eigenvalue weighted by molar-refractivity contribution is -0.155. The van der Waals surface area contributed by atoms with Crippen LogP contribution in [0.25, 0.3) is 0 Å². The second-order valence-corrected chi connectivity index (χ2v) is 8.67. The minimum atomic E-state index is -0.292. The summed E-state index contributed by atoms with van der Waals surface area (Å²) >= 11 is 1.69. The quantitative estimate of drug-likeness (QED) is 0.721. The van der Waals surface area contributed by atoms with Gasteiger partial charge in [0.1, 0.15) is 30.9 Å². The molecule has 0 radical (unpaired) electrons. The number of aromatic nitrogens is 1. The van der Waals surface area contributed by atoms with Crippen molar-refractivity contribution in [1.29, 1.82) is 0 Å². The zero-order valence-electron chi connectivity index (χ0n) is 16.6. The van der Waals surface area contributed by atoms with Crippen LogP contribution in [0.3, 0.4) is 0 Å². The smallest absolute Gasteiger partial charge is 0.248 e. The molecular weight excluding hydrogens is 393 g/mol. The molecule has 2 aromatic rings. The molecule has 0 spiro atoms. The highest BCUT2D eigenvalue weighted by Gasteiger charge is 2.34. The van der Waals surface area contributed by atoms with Crippen molar-refractivity contribution in [2.45, 2.75) is 38.5 Å². The maximum Gasteiger partial charge on any atom is 0.248 e. The molecule has 1 atom stereocenters. The Balaban J connectivity index is 1.27. The fourth-order valence-electron chi connectivity index (χ4n) is 3.90. The van der Waals surface area contributed by atoms with Crippen LogP contribution in [0.5, 0.6) is 5.75 Å². The molecule has 1 aromatic carbocycles. The number of carbonyl (C=O) groups is 1. The van der Waals surface area contributed by atoms with E-state index in [1.54, 1.807) is 23.5 Å². The highest BCUT2D eigenvalue weighted by atomic mass is 32.1. The first-order chi connectivity index (χ1) is 14.1. The standard InChI is InChI=1S/C21H26FN3O3S/c1-15-20(23-14-29-15)11-24-8-6-17(7-9-24)25-10-19(28-13-21(25)26)12-27-18-4-2-16(22)3-5-18/h2-5,14,17,19H,6-13H2,1H3/t19-/m0/s1. The first-order valence-electron chi connectivity index (χ1n) is 9.99. The van der Waals surface area contributed by atoms with E-state index in [-0.39, 0.29) is 30.5 Å². The number of nitrogens with zero attached hydrogens (tertiary/aromatic N) is 3. The lowest BCUT2D eigenvalue weighted by atomic mass is 10.0. The van der Waals surface area contributed by atoms with Crippen LogP contribution in [0, 0.1) is 12.7 Å². The van der Waals surface area contributed by atoms with Crippen LogP contribution in [-0.2, 0) is 16.1 Å². The van der Waals surface area contributed by atoms with E-state index in [4.69, 9.17) is 9.47 Å². The van der Waals surface area contributed by atoms with Crippen LogP contribution >= 0.6 is 11.3 Å². The third kappa shape index (κ3) is 5.12. The van der Waals surface area contributed by atoms with Crippen molar-refractivity contribution in [3.63, 3.8) is 0 Å². The number of aryl methyl sites for hydroxylation is 1. The Kier molecular flexibility index (Phi) is 6.42. The molecule has 6 nitrogen and oxygen atoms in total. The number of thiazole rings is 1. The van der Waals surface area contributed by atoms with Crippen LogP contribution in [0.1, 0.15) is 23.4 Å². The first kappa shape index (κ1) is 20.3. The van der Waals surface area contributed by atoms with Gasteiger partial charge in [-0.15, -0.1) is 11.3 Å². The van der Waals surface area contributed by atoms with Gasteiger partial charge < -0.3 is 14.4 Å². The van der Waals surface area contributed by atoms with Crippen LogP contribution in [0.2, 0.25) is 0 Å². The predicted molar refractivity (Wildman–Crippen MR) is 108 cm³/mol. The van der Waals surface area contributed by atoms with E-state index in [1.807, 2.05) is 10.4 Å². The van der Waals surface area contributed by atoms with E-state index in [2.05, 4.69) is 16.8 Å². The molecular formula is C21H26FN3O3S. The molecule has 2 aliphatic heterocycles. The number of ether oxygens (including phenoxy) is 2. The van der Waals surface area contributed by atoms with Gasteiger partial charge in [0.05, 0.1) is 17.7 Å². The molecule has 3 heterocycles. The minimum Gasteiger partial charge on any atom is -0.491 e. The summed E-state index contributed by atoms with van der Waals surface area (Å²) in [6.45, 7) is 5.89. The number of morpholine rings is 1. The zero-order chi connectivity index (χ0) is 20.2. The predicted octanol–water partition coefficient (Wildman–Crippen LogP) is 2.86. The molecule has 29 heavy (non-hydrogen) atoms. The van der Waals surface area contributed by atoms with Gasteiger partial charge in [-0.05, 0) is 44.0 Å². The topological polar surface area (TPSA) is 54.9 Å². The monoisotopic (exact) mass is 419 g/mol. The van der Waals surface area contributed by atoms with E-state index in [0.717, 1.165) is 38.2 Å². The van der Waals surface area contributed by atoms with Crippen molar-refractivity contribution < 1.29 is 18.7 Å². The molecule has 0 aliphatic carbocycles. The number of halogens is 1. The Morgan fingerprint density at radius 1 is 1.28 bits per heavy atom. The summed E-state index contributed by atoms with van der Waals surface area (Å²) in [6.07, 6.45) is 1.74. The average molecular weight is 420 g/mol. The lowest BCUT2D eigenvalue weighted by Gasteiger charge is -2.42. The summed E-state index contributed by atoms with van der Waals surface area (Å²) < 4.78 is 24.4. The van der Waals surface area contributed by atoms with Crippen LogP contribution in [0.15, 0.2) is 29.8 Å². The summed E-state index contributed by atoms with van der Waals surface area (Å²) in [5, 5.41) is 0. The van der Waals surface area contributed by atoms with Crippen LogP contribution in [-0.4, -0.2) is 65.7 Å². The van der Waals surface area contributed by atoms with Crippen molar-refractivity contribution in [2.24, 2.45) is 0 Å². The van der Waals surface area contributed by atoms with E-state index < -0.39 is 0 Å². The third-order valence-corrected chi connectivity index (χ3v) is 6.43. The summed E-state index contributed by atoms with van der Waals surface area (Å²) in [4.78, 5) is 22.5. The second-order valence-electron chi connectivity index (χ2n) is 7.61.